The van der Waals surface area contributed by atoms with Crippen LogP contribution in [0.3, 0.4) is 0 Å². The lowest BCUT2D eigenvalue weighted by Crippen LogP contribution is -2.51. The second kappa shape index (κ2) is 7.88. The monoisotopic (exact) mass is 339 g/mol. The Bertz CT molecular complexity index is 432. The van der Waals surface area contributed by atoms with Gasteiger partial charge < -0.3 is 9.80 Å². The summed E-state index contributed by atoms with van der Waals surface area (Å²) in [5.74, 6) is 3.29. The Morgan fingerprint density at radius 1 is 0.957 bits per heavy atom. The number of carbonyl (C=O) groups excluding carboxylic acids is 2. The minimum atomic E-state index is -0.0641. The highest BCUT2D eigenvalue weighted by Gasteiger charge is 2.35. The van der Waals surface area contributed by atoms with Crippen LogP contribution in [-0.2, 0) is 9.59 Å². The van der Waals surface area contributed by atoms with Crippen molar-refractivity contribution in [1.29, 1.82) is 0 Å². The van der Waals surface area contributed by atoms with Crippen LogP contribution in [-0.4, -0.2) is 83.3 Å². The summed E-state index contributed by atoms with van der Waals surface area (Å²) >= 11 is 1.92. The molecule has 3 fully saturated rings. The molecular weight excluding hydrogens is 310 g/mol. The number of rotatable bonds is 3. The smallest absolute Gasteiger partial charge is 0.239 e. The summed E-state index contributed by atoms with van der Waals surface area (Å²) in [5, 5.41) is 0. The predicted molar refractivity (Wildman–Crippen MR) is 93.5 cm³/mol. The van der Waals surface area contributed by atoms with E-state index in [4.69, 9.17) is 0 Å². The van der Waals surface area contributed by atoms with Gasteiger partial charge in [-0.3, -0.25) is 14.5 Å². The molecule has 0 aromatic heterocycles. The minimum Gasteiger partial charge on any atom is -0.342 e. The third-order valence-electron chi connectivity index (χ3n) is 5.45. The second-order valence-corrected chi connectivity index (χ2v) is 8.35. The highest BCUT2D eigenvalue weighted by Crippen LogP contribution is 2.22. The first-order chi connectivity index (χ1) is 11.1. The molecule has 0 aliphatic carbocycles. The number of carbonyl (C=O) groups is 2. The van der Waals surface area contributed by atoms with Crippen LogP contribution in [0.15, 0.2) is 0 Å². The van der Waals surface area contributed by atoms with Gasteiger partial charge in [0.15, 0.2) is 0 Å². The number of amides is 2. The van der Waals surface area contributed by atoms with Crippen molar-refractivity contribution in [1.82, 2.24) is 14.7 Å². The lowest BCUT2D eigenvalue weighted by atomic mass is 9.99. The average Bonchev–Trinajstić information content (AvgIpc) is 3.03. The molecule has 3 aliphatic rings. The highest BCUT2D eigenvalue weighted by atomic mass is 32.2. The van der Waals surface area contributed by atoms with E-state index >= 15 is 0 Å². The van der Waals surface area contributed by atoms with Gasteiger partial charge in [-0.2, -0.15) is 11.8 Å². The molecule has 2 amide bonds. The van der Waals surface area contributed by atoms with E-state index in [2.05, 4.69) is 11.8 Å². The van der Waals surface area contributed by atoms with Crippen LogP contribution in [0.1, 0.15) is 32.6 Å². The molecule has 0 saturated carbocycles. The van der Waals surface area contributed by atoms with Crippen molar-refractivity contribution in [2.45, 2.75) is 38.6 Å². The zero-order chi connectivity index (χ0) is 16.2. The lowest BCUT2D eigenvalue weighted by Gasteiger charge is -2.34. The van der Waals surface area contributed by atoms with E-state index in [-0.39, 0.29) is 17.9 Å². The van der Waals surface area contributed by atoms with E-state index in [9.17, 15) is 9.59 Å². The third kappa shape index (κ3) is 4.21. The van der Waals surface area contributed by atoms with E-state index in [1.807, 2.05) is 21.6 Å². The van der Waals surface area contributed by atoms with E-state index in [1.165, 1.54) is 0 Å². The molecule has 3 heterocycles. The first kappa shape index (κ1) is 17.1. The standard InChI is InChI=1S/C17H29N3O2S/c1-14-4-7-18(8-5-14)16(21)13-20-6-2-3-15(20)17(22)19-9-11-23-12-10-19/h14-15H,2-13H2,1H3/t15-/m0/s1. The van der Waals surface area contributed by atoms with Crippen LogP contribution in [0.2, 0.25) is 0 Å². The SMILES string of the molecule is CC1CCN(C(=O)CN2CCC[C@H]2C(=O)N2CCSCC2)CC1. The van der Waals surface area contributed by atoms with Crippen LogP contribution in [0.4, 0.5) is 0 Å². The van der Waals surface area contributed by atoms with Crippen molar-refractivity contribution < 1.29 is 9.59 Å². The first-order valence-electron chi connectivity index (χ1n) is 9.03. The number of hydrogen-bond acceptors (Lipinski definition) is 4. The molecule has 3 aliphatic heterocycles. The largest absolute Gasteiger partial charge is 0.342 e. The van der Waals surface area contributed by atoms with Crippen LogP contribution in [0.5, 0.6) is 0 Å². The minimum absolute atomic E-state index is 0.0641. The Hall–Kier alpha value is -0.750. The summed E-state index contributed by atoms with van der Waals surface area (Å²) in [6, 6.07) is -0.0641. The first-order valence-corrected chi connectivity index (χ1v) is 10.2. The quantitative estimate of drug-likeness (QED) is 0.777. The van der Waals surface area contributed by atoms with Gasteiger partial charge >= 0.3 is 0 Å². The number of thioether (sulfide) groups is 1. The maximum Gasteiger partial charge on any atom is 0.239 e. The van der Waals surface area contributed by atoms with Gasteiger partial charge in [0, 0.05) is 37.7 Å². The molecule has 130 valence electrons. The van der Waals surface area contributed by atoms with Gasteiger partial charge in [-0.1, -0.05) is 6.92 Å². The van der Waals surface area contributed by atoms with Crippen LogP contribution < -0.4 is 0 Å². The second-order valence-electron chi connectivity index (χ2n) is 7.13. The van der Waals surface area contributed by atoms with E-state index in [1.54, 1.807) is 0 Å². The average molecular weight is 340 g/mol. The molecule has 0 aromatic rings. The Labute approximate surface area is 143 Å². The summed E-state index contributed by atoms with van der Waals surface area (Å²) in [5.41, 5.74) is 0. The molecule has 0 unspecified atom stereocenters. The summed E-state index contributed by atoms with van der Waals surface area (Å²) in [6.07, 6.45) is 4.16. The number of piperidine rings is 1. The molecule has 1 atom stereocenters. The molecule has 0 spiro atoms. The Kier molecular flexibility index (Phi) is 5.85. The molecule has 0 aromatic carbocycles. The fraction of sp³-hybridized carbons (Fsp3) is 0.882. The Morgan fingerprint density at radius 2 is 1.65 bits per heavy atom. The molecule has 5 nitrogen and oxygen atoms in total. The third-order valence-corrected chi connectivity index (χ3v) is 6.39. The van der Waals surface area contributed by atoms with Crippen molar-refractivity contribution in [2.24, 2.45) is 5.92 Å². The zero-order valence-electron chi connectivity index (χ0n) is 14.2. The molecule has 3 rings (SSSR count). The van der Waals surface area contributed by atoms with Gasteiger partial charge in [0.1, 0.15) is 0 Å². The molecule has 6 heteroatoms. The predicted octanol–water partition coefficient (Wildman–Crippen LogP) is 1.28. The number of hydrogen-bond donors (Lipinski definition) is 0. The Morgan fingerprint density at radius 3 is 2.35 bits per heavy atom. The van der Waals surface area contributed by atoms with Gasteiger partial charge in [0.2, 0.25) is 11.8 Å². The topological polar surface area (TPSA) is 43.9 Å². The molecular formula is C17H29N3O2S. The summed E-state index contributed by atoms with van der Waals surface area (Å²) in [7, 11) is 0. The number of likely N-dealkylation sites (tertiary alicyclic amines) is 2. The van der Waals surface area contributed by atoms with Gasteiger partial charge in [-0.25, -0.2) is 0 Å². The lowest BCUT2D eigenvalue weighted by molar-refractivity contribution is -0.138. The Balaban J connectivity index is 1.54. The van der Waals surface area contributed by atoms with Gasteiger partial charge in [-0.15, -0.1) is 0 Å². The fourth-order valence-electron chi connectivity index (χ4n) is 3.82. The van der Waals surface area contributed by atoms with Crippen molar-refractivity contribution in [3.05, 3.63) is 0 Å². The summed E-state index contributed by atoms with van der Waals surface area (Å²) < 4.78 is 0. The molecule has 23 heavy (non-hydrogen) atoms. The van der Waals surface area contributed by atoms with Crippen molar-refractivity contribution in [2.75, 3.05) is 50.8 Å². The van der Waals surface area contributed by atoms with Crippen molar-refractivity contribution in [3.8, 4) is 0 Å². The van der Waals surface area contributed by atoms with Gasteiger partial charge in [0.25, 0.3) is 0 Å². The van der Waals surface area contributed by atoms with Gasteiger partial charge in [-0.05, 0) is 38.1 Å². The van der Waals surface area contributed by atoms with Crippen LogP contribution in [0, 0.1) is 5.92 Å². The number of nitrogens with zero attached hydrogens (tertiary/aromatic N) is 3. The summed E-state index contributed by atoms with van der Waals surface area (Å²) in [4.78, 5) is 31.5. The fourth-order valence-corrected chi connectivity index (χ4v) is 4.72. The molecule has 0 bridgehead atoms. The molecule has 0 N–H and O–H groups in total. The van der Waals surface area contributed by atoms with Gasteiger partial charge in [0.05, 0.1) is 12.6 Å². The van der Waals surface area contributed by atoms with E-state index < -0.39 is 0 Å². The molecule has 0 radical (unpaired) electrons. The van der Waals surface area contributed by atoms with Crippen LogP contribution in [0.25, 0.3) is 0 Å². The van der Waals surface area contributed by atoms with E-state index in [0.717, 1.165) is 75.8 Å². The molecule has 3 saturated heterocycles. The normalized spacial score (nSPS) is 27.4. The maximum atomic E-state index is 12.8. The zero-order valence-corrected chi connectivity index (χ0v) is 15.0. The van der Waals surface area contributed by atoms with Crippen molar-refractivity contribution in [3.63, 3.8) is 0 Å². The van der Waals surface area contributed by atoms with Crippen molar-refractivity contribution >= 4 is 23.6 Å². The van der Waals surface area contributed by atoms with Crippen LogP contribution >= 0.6 is 11.8 Å². The summed E-state index contributed by atoms with van der Waals surface area (Å²) in [6.45, 7) is 7.07. The van der Waals surface area contributed by atoms with E-state index in [0.29, 0.717) is 6.54 Å². The highest BCUT2D eigenvalue weighted by molar-refractivity contribution is 7.99. The maximum absolute atomic E-state index is 12.8.